The molecule has 5 aromatic rings. The molecule has 31 heavy (non-hydrogen) atoms. The molecule has 5 rings (SSSR count). The first-order valence-corrected chi connectivity index (χ1v) is 10.6. The molecule has 2 aromatic heterocycles. The Morgan fingerprint density at radius 1 is 0.903 bits per heavy atom. The van der Waals surface area contributed by atoms with Gasteiger partial charge in [-0.3, -0.25) is 4.79 Å². The average molecular weight is 428 g/mol. The molecule has 5 nitrogen and oxygen atoms in total. The maximum Gasteiger partial charge on any atom is 0.302 e. The van der Waals surface area contributed by atoms with Crippen LogP contribution in [0.15, 0.2) is 83.7 Å². The van der Waals surface area contributed by atoms with E-state index >= 15 is 0 Å². The van der Waals surface area contributed by atoms with E-state index in [1.54, 1.807) is 6.07 Å². The van der Waals surface area contributed by atoms with Crippen molar-refractivity contribution in [3.63, 3.8) is 0 Å². The lowest BCUT2D eigenvalue weighted by atomic mass is 9.97. The van der Waals surface area contributed by atoms with E-state index in [2.05, 4.69) is 15.3 Å². The van der Waals surface area contributed by atoms with Gasteiger partial charge in [-0.25, -0.2) is 4.39 Å². The van der Waals surface area contributed by atoms with Gasteiger partial charge in [0.1, 0.15) is 10.8 Å². The summed E-state index contributed by atoms with van der Waals surface area (Å²) in [5, 5.41) is 13.4. The summed E-state index contributed by atoms with van der Waals surface area (Å²) >= 11 is 1.28. The Morgan fingerprint density at radius 3 is 2.26 bits per heavy atom. The van der Waals surface area contributed by atoms with E-state index in [9.17, 15) is 9.18 Å². The summed E-state index contributed by atoms with van der Waals surface area (Å²) in [5.74, 6) is -0.495. The quantitative estimate of drug-likeness (QED) is 0.396. The smallest absolute Gasteiger partial charge is 0.265 e. The molecular weight excluding hydrogens is 411 g/mol. The van der Waals surface area contributed by atoms with Gasteiger partial charge in [-0.2, -0.15) is 9.61 Å². The molecule has 2 heterocycles. The number of aromatic nitrogens is 4. The van der Waals surface area contributed by atoms with Crippen molar-refractivity contribution in [2.45, 2.75) is 12.8 Å². The van der Waals surface area contributed by atoms with Crippen LogP contribution in [0, 0.1) is 5.82 Å². The zero-order valence-corrected chi connectivity index (χ0v) is 17.4. The second kappa shape index (κ2) is 7.85. The number of halogens is 1. The molecular formula is C24H17FN4OS. The highest BCUT2D eigenvalue weighted by molar-refractivity contribution is 7.16. The van der Waals surface area contributed by atoms with Gasteiger partial charge in [-0.1, -0.05) is 91.1 Å². The zero-order valence-electron chi connectivity index (χ0n) is 16.6. The summed E-state index contributed by atoms with van der Waals surface area (Å²) in [4.78, 5) is 13.3. The number of nitrogens with zero attached hydrogens (tertiary/aromatic N) is 4. The Morgan fingerprint density at radius 2 is 1.58 bits per heavy atom. The van der Waals surface area contributed by atoms with Crippen molar-refractivity contribution >= 4 is 16.3 Å². The molecule has 0 radical (unpaired) electrons. The van der Waals surface area contributed by atoms with Gasteiger partial charge in [0.15, 0.2) is 5.69 Å². The monoisotopic (exact) mass is 428 g/mol. The number of rotatable bonds is 4. The summed E-state index contributed by atoms with van der Waals surface area (Å²) in [6.45, 7) is 1.94. The molecule has 0 aliphatic carbocycles. The molecule has 3 aromatic carbocycles. The van der Waals surface area contributed by atoms with Crippen LogP contribution in [0.1, 0.15) is 23.4 Å². The lowest BCUT2D eigenvalue weighted by Gasteiger charge is -2.10. The van der Waals surface area contributed by atoms with Crippen molar-refractivity contribution < 1.29 is 4.39 Å². The highest BCUT2D eigenvalue weighted by atomic mass is 32.1. The van der Waals surface area contributed by atoms with Crippen molar-refractivity contribution in [3.8, 4) is 22.4 Å². The minimum Gasteiger partial charge on any atom is -0.265 e. The first kappa shape index (κ1) is 19.3. The van der Waals surface area contributed by atoms with Crippen molar-refractivity contribution in [2.24, 2.45) is 0 Å². The lowest BCUT2D eigenvalue weighted by molar-refractivity contribution is 0.627. The second-order valence-electron chi connectivity index (χ2n) is 7.18. The van der Waals surface area contributed by atoms with Crippen LogP contribution in [0.25, 0.3) is 27.3 Å². The SMILES string of the molecule is CC(c1ccc(-c2ccccc2)c(F)c1)c1nn2c(=O)c(-c3ccccc3)nnc2s1. The summed E-state index contributed by atoms with van der Waals surface area (Å²) in [6.07, 6.45) is 0. The fraction of sp³-hybridized carbons (Fsp3) is 0.0833. The van der Waals surface area contributed by atoms with Gasteiger partial charge in [0.05, 0.1) is 0 Å². The van der Waals surface area contributed by atoms with Crippen LogP contribution in [0.3, 0.4) is 0 Å². The molecule has 1 unspecified atom stereocenters. The van der Waals surface area contributed by atoms with Crippen LogP contribution in [0.2, 0.25) is 0 Å². The van der Waals surface area contributed by atoms with Gasteiger partial charge < -0.3 is 0 Å². The van der Waals surface area contributed by atoms with E-state index in [4.69, 9.17) is 0 Å². The predicted molar refractivity (Wildman–Crippen MR) is 120 cm³/mol. The Bertz CT molecular complexity index is 1430. The highest BCUT2D eigenvalue weighted by Crippen LogP contribution is 2.31. The lowest BCUT2D eigenvalue weighted by Crippen LogP contribution is -2.19. The third-order valence-electron chi connectivity index (χ3n) is 5.20. The molecule has 0 saturated heterocycles. The van der Waals surface area contributed by atoms with E-state index in [1.165, 1.54) is 21.9 Å². The van der Waals surface area contributed by atoms with Crippen molar-refractivity contribution in [3.05, 3.63) is 106 Å². The van der Waals surface area contributed by atoms with Crippen molar-refractivity contribution in [1.82, 2.24) is 19.8 Å². The molecule has 7 heteroatoms. The predicted octanol–water partition coefficient (Wildman–Crippen LogP) is 5.17. The normalized spacial score (nSPS) is 12.2. The van der Waals surface area contributed by atoms with Crippen LogP contribution in [0.5, 0.6) is 0 Å². The summed E-state index contributed by atoms with van der Waals surface area (Å²) in [6, 6.07) is 23.8. The van der Waals surface area contributed by atoms with Crippen molar-refractivity contribution in [1.29, 1.82) is 0 Å². The minimum atomic E-state index is -0.323. The van der Waals surface area contributed by atoms with Gasteiger partial charge in [0.2, 0.25) is 4.96 Å². The molecule has 152 valence electrons. The summed E-state index contributed by atoms with van der Waals surface area (Å²) in [5.41, 5.74) is 2.78. The van der Waals surface area contributed by atoms with E-state index in [0.29, 0.717) is 21.1 Å². The van der Waals surface area contributed by atoms with Crippen LogP contribution in [-0.2, 0) is 0 Å². The third-order valence-corrected chi connectivity index (χ3v) is 6.28. The Balaban J connectivity index is 1.52. The van der Waals surface area contributed by atoms with E-state index in [0.717, 1.165) is 11.1 Å². The van der Waals surface area contributed by atoms with E-state index in [-0.39, 0.29) is 23.0 Å². The maximum absolute atomic E-state index is 14.8. The number of hydrogen-bond acceptors (Lipinski definition) is 5. The summed E-state index contributed by atoms with van der Waals surface area (Å²) in [7, 11) is 0. The Hall–Kier alpha value is -3.71. The standard InChI is InChI=1S/C24H17FN4OS/c1-15(18-12-13-19(20(25)14-18)16-8-4-2-5-9-16)22-28-29-23(30)21(26-27-24(29)31-22)17-10-6-3-7-11-17/h2-15H,1H3. The van der Waals surface area contributed by atoms with Gasteiger partial charge in [0, 0.05) is 17.0 Å². The number of benzene rings is 3. The molecule has 1 atom stereocenters. The molecule has 0 fully saturated rings. The van der Waals surface area contributed by atoms with Gasteiger partial charge in [-0.15, -0.1) is 10.2 Å². The van der Waals surface area contributed by atoms with Crippen LogP contribution < -0.4 is 5.56 Å². The van der Waals surface area contributed by atoms with Crippen LogP contribution in [-0.4, -0.2) is 19.8 Å². The topological polar surface area (TPSA) is 60.2 Å². The molecule has 0 saturated carbocycles. The Kier molecular flexibility index (Phi) is 4.88. The third kappa shape index (κ3) is 3.53. The van der Waals surface area contributed by atoms with E-state index < -0.39 is 0 Å². The Labute approximate surface area is 181 Å². The first-order chi connectivity index (χ1) is 15.1. The van der Waals surface area contributed by atoms with Gasteiger partial charge in [0.25, 0.3) is 0 Å². The molecule has 0 N–H and O–H groups in total. The molecule has 0 aliphatic rings. The van der Waals surface area contributed by atoms with Crippen LogP contribution >= 0.6 is 11.3 Å². The molecule has 0 aliphatic heterocycles. The van der Waals surface area contributed by atoms with E-state index in [1.807, 2.05) is 73.7 Å². The molecule has 0 amide bonds. The highest BCUT2D eigenvalue weighted by Gasteiger charge is 2.19. The zero-order chi connectivity index (χ0) is 21.4. The molecule has 0 spiro atoms. The largest absolute Gasteiger partial charge is 0.302 e. The fourth-order valence-corrected chi connectivity index (χ4v) is 4.39. The fourth-order valence-electron chi connectivity index (χ4n) is 3.48. The minimum absolute atomic E-state index is 0.203. The second-order valence-corrected chi connectivity index (χ2v) is 8.17. The maximum atomic E-state index is 14.8. The molecule has 0 bridgehead atoms. The van der Waals surface area contributed by atoms with Crippen LogP contribution in [0.4, 0.5) is 4.39 Å². The summed E-state index contributed by atoms with van der Waals surface area (Å²) < 4.78 is 16.1. The van der Waals surface area contributed by atoms with Gasteiger partial charge >= 0.3 is 5.56 Å². The average Bonchev–Trinajstić information content (AvgIpc) is 3.25. The number of hydrogen-bond donors (Lipinski definition) is 0. The first-order valence-electron chi connectivity index (χ1n) is 9.78. The number of fused-ring (bicyclic) bond motifs is 1. The van der Waals surface area contributed by atoms with Crippen molar-refractivity contribution in [2.75, 3.05) is 0 Å². The van der Waals surface area contributed by atoms with Gasteiger partial charge in [-0.05, 0) is 17.2 Å².